The molecule has 0 aliphatic carbocycles. The van der Waals surface area contributed by atoms with Crippen molar-refractivity contribution in [3.05, 3.63) is 0 Å². The molecule has 1 heterocycles. The van der Waals surface area contributed by atoms with Gasteiger partial charge >= 0.3 is 6.09 Å². The van der Waals surface area contributed by atoms with Crippen molar-refractivity contribution in [3.8, 4) is 0 Å². The Hall–Kier alpha value is -0.770. The van der Waals surface area contributed by atoms with Crippen molar-refractivity contribution in [2.45, 2.75) is 39.3 Å². The van der Waals surface area contributed by atoms with Gasteiger partial charge in [-0.15, -0.1) is 0 Å². The van der Waals surface area contributed by atoms with Crippen molar-refractivity contribution in [2.24, 2.45) is 0 Å². The van der Waals surface area contributed by atoms with E-state index in [9.17, 15) is 4.79 Å². The molecule has 0 unspecified atom stereocenters. The molecule has 1 atom stereocenters. The average Bonchev–Trinajstić information content (AvgIpc) is 2.19. The molecule has 0 spiro atoms. The van der Waals surface area contributed by atoms with Crippen molar-refractivity contribution < 1.29 is 14.3 Å². The lowest BCUT2D eigenvalue weighted by atomic mass is 10.1. The number of hydrogen-bond acceptors (Lipinski definition) is 3. The predicted molar refractivity (Wildman–Crippen MR) is 53.0 cm³/mol. The first-order valence-electron chi connectivity index (χ1n) is 5.34. The lowest BCUT2D eigenvalue weighted by Gasteiger charge is -2.34. The highest BCUT2D eigenvalue weighted by atomic mass is 16.6. The van der Waals surface area contributed by atoms with Gasteiger partial charge in [0.25, 0.3) is 0 Å². The van der Waals surface area contributed by atoms with Crippen LogP contribution in [0.5, 0.6) is 0 Å². The van der Waals surface area contributed by atoms with Crippen LogP contribution in [-0.2, 0) is 9.47 Å². The summed E-state index contributed by atoms with van der Waals surface area (Å²) in [7, 11) is 0. The van der Waals surface area contributed by atoms with Gasteiger partial charge in [0.15, 0.2) is 0 Å². The minimum atomic E-state index is -0.245. The van der Waals surface area contributed by atoms with Gasteiger partial charge in [-0.3, -0.25) is 4.90 Å². The molecule has 82 valence electrons. The third kappa shape index (κ3) is 2.87. The van der Waals surface area contributed by atoms with Gasteiger partial charge in [0.1, 0.15) is 6.23 Å². The molecule has 0 aromatic carbocycles. The zero-order valence-electron chi connectivity index (χ0n) is 8.99. The van der Waals surface area contributed by atoms with Crippen LogP contribution in [0, 0.1) is 0 Å². The van der Waals surface area contributed by atoms with Crippen LogP contribution in [0.1, 0.15) is 33.1 Å². The van der Waals surface area contributed by atoms with Crippen LogP contribution in [-0.4, -0.2) is 37.0 Å². The molecular weight excluding hydrogens is 182 g/mol. The molecule has 14 heavy (non-hydrogen) atoms. The Labute approximate surface area is 85.2 Å². The monoisotopic (exact) mass is 201 g/mol. The second-order valence-corrected chi connectivity index (χ2v) is 3.30. The zero-order valence-corrected chi connectivity index (χ0v) is 8.99. The summed E-state index contributed by atoms with van der Waals surface area (Å²) >= 11 is 0. The number of hydrogen-bond donors (Lipinski definition) is 0. The van der Waals surface area contributed by atoms with Crippen LogP contribution in [0.3, 0.4) is 0 Å². The highest BCUT2D eigenvalue weighted by molar-refractivity contribution is 5.67. The Bertz CT molecular complexity index is 182. The summed E-state index contributed by atoms with van der Waals surface area (Å²) in [5, 5.41) is 0. The molecule has 0 bridgehead atoms. The van der Waals surface area contributed by atoms with E-state index in [2.05, 4.69) is 0 Å². The highest BCUT2D eigenvalue weighted by Crippen LogP contribution is 2.18. The van der Waals surface area contributed by atoms with Crippen LogP contribution in [0.4, 0.5) is 4.79 Å². The normalized spacial score (nSPS) is 22.1. The van der Waals surface area contributed by atoms with E-state index < -0.39 is 0 Å². The Morgan fingerprint density at radius 1 is 1.36 bits per heavy atom. The molecule has 0 saturated carbocycles. The summed E-state index contributed by atoms with van der Waals surface area (Å²) in [5.41, 5.74) is 0. The topological polar surface area (TPSA) is 38.8 Å². The van der Waals surface area contributed by atoms with Crippen LogP contribution in [0.25, 0.3) is 0 Å². The van der Waals surface area contributed by atoms with E-state index in [0.29, 0.717) is 13.2 Å². The molecule has 4 heteroatoms. The van der Waals surface area contributed by atoms with Crippen molar-refractivity contribution >= 4 is 6.09 Å². The molecule has 0 radical (unpaired) electrons. The van der Waals surface area contributed by atoms with Gasteiger partial charge in [-0.25, -0.2) is 4.79 Å². The lowest BCUT2D eigenvalue weighted by molar-refractivity contribution is -0.0666. The molecule has 1 aliphatic heterocycles. The van der Waals surface area contributed by atoms with E-state index >= 15 is 0 Å². The Morgan fingerprint density at radius 2 is 2.14 bits per heavy atom. The van der Waals surface area contributed by atoms with E-state index in [4.69, 9.17) is 9.47 Å². The zero-order chi connectivity index (χ0) is 10.4. The molecule has 0 aromatic rings. The summed E-state index contributed by atoms with van der Waals surface area (Å²) in [6, 6.07) is 0. The summed E-state index contributed by atoms with van der Waals surface area (Å²) in [4.78, 5) is 13.2. The van der Waals surface area contributed by atoms with Gasteiger partial charge in [0.2, 0.25) is 0 Å². The van der Waals surface area contributed by atoms with Crippen molar-refractivity contribution in [1.82, 2.24) is 4.90 Å². The minimum absolute atomic E-state index is 0.0761. The SMILES string of the molecule is CCOC(=O)N1CCCC[C@H]1OCC. The Balaban J connectivity index is 2.48. The quantitative estimate of drug-likeness (QED) is 0.701. The van der Waals surface area contributed by atoms with Crippen LogP contribution in [0.15, 0.2) is 0 Å². The summed E-state index contributed by atoms with van der Waals surface area (Å²) < 4.78 is 10.5. The van der Waals surface area contributed by atoms with Gasteiger partial charge < -0.3 is 9.47 Å². The summed E-state index contributed by atoms with van der Waals surface area (Å²) in [6.45, 7) is 5.58. The molecule has 1 fully saturated rings. The molecule has 1 amide bonds. The van der Waals surface area contributed by atoms with E-state index in [1.165, 1.54) is 0 Å². The molecule has 1 aliphatic rings. The third-order valence-electron chi connectivity index (χ3n) is 2.31. The van der Waals surface area contributed by atoms with Crippen LogP contribution in [0.2, 0.25) is 0 Å². The summed E-state index contributed by atoms with van der Waals surface area (Å²) in [5.74, 6) is 0. The van der Waals surface area contributed by atoms with E-state index in [0.717, 1.165) is 25.8 Å². The molecule has 1 rings (SSSR count). The predicted octanol–water partition coefficient (Wildman–Crippen LogP) is 1.99. The van der Waals surface area contributed by atoms with E-state index in [1.807, 2.05) is 13.8 Å². The van der Waals surface area contributed by atoms with Gasteiger partial charge in [-0.1, -0.05) is 0 Å². The first-order chi connectivity index (χ1) is 6.79. The average molecular weight is 201 g/mol. The fourth-order valence-electron chi connectivity index (χ4n) is 1.68. The number of piperidine rings is 1. The minimum Gasteiger partial charge on any atom is -0.450 e. The second-order valence-electron chi connectivity index (χ2n) is 3.30. The molecule has 0 N–H and O–H groups in total. The maximum Gasteiger partial charge on any atom is 0.411 e. The molecular formula is C10H19NO3. The number of ether oxygens (including phenoxy) is 2. The fraction of sp³-hybridized carbons (Fsp3) is 0.900. The van der Waals surface area contributed by atoms with Crippen LogP contribution >= 0.6 is 0 Å². The largest absolute Gasteiger partial charge is 0.450 e. The van der Waals surface area contributed by atoms with E-state index in [-0.39, 0.29) is 12.3 Å². The number of carbonyl (C=O) groups excluding carboxylic acids is 1. The molecule has 4 nitrogen and oxygen atoms in total. The first kappa shape index (κ1) is 11.3. The number of carbonyl (C=O) groups is 1. The van der Waals surface area contributed by atoms with Gasteiger partial charge in [0.05, 0.1) is 6.61 Å². The lowest BCUT2D eigenvalue weighted by Crippen LogP contribution is -2.45. The smallest absolute Gasteiger partial charge is 0.411 e. The van der Waals surface area contributed by atoms with Crippen molar-refractivity contribution in [1.29, 1.82) is 0 Å². The summed E-state index contributed by atoms with van der Waals surface area (Å²) in [6.07, 6.45) is 2.77. The first-order valence-corrected chi connectivity index (χ1v) is 5.34. The molecule has 0 aromatic heterocycles. The Kier molecular flexibility index (Phi) is 4.73. The maximum atomic E-state index is 11.5. The number of rotatable bonds is 3. The number of nitrogens with zero attached hydrogens (tertiary/aromatic N) is 1. The standard InChI is InChI=1S/C10H19NO3/c1-3-13-9-7-5-6-8-11(9)10(12)14-4-2/h9H,3-8H2,1-2H3/t9-/m1/s1. The van der Waals surface area contributed by atoms with Gasteiger partial charge in [-0.05, 0) is 33.1 Å². The molecule has 1 saturated heterocycles. The van der Waals surface area contributed by atoms with E-state index in [1.54, 1.807) is 4.90 Å². The van der Waals surface area contributed by atoms with Crippen molar-refractivity contribution in [2.75, 3.05) is 19.8 Å². The fourth-order valence-corrected chi connectivity index (χ4v) is 1.68. The maximum absolute atomic E-state index is 11.5. The number of likely N-dealkylation sites (tertiary alicyclic amines) is 1. The van der Waals surface area contributed by atoms with Gasteiger partial charge in [0, 0.05) is 13.2 Å². The Morgan fingerprint density at radius 3 is 2.79 bits per heavy atom. The highest BCUT2D eigenvalue weighted by Gasteiger charge is 2.27. The van der Waals surface area contributed by atoms with Crippen molar-refractivity contribution in [3.63, 3.8) is 0 Å². The number of amides is 1. The third-order valence-corrected chi connectivity index (χ3v) is 2.31. The van der Waals surface area contributed by atoms with Gasteiger partial charge in [-0.2, -0.15) is 0 Å². The van der Waals surface area contributed by atoms with Crippen LogP contribution < -0.4 is 0 Å². The second kappa shape index (κ2) is 5.86.